The smallest absolute Gasteiger partial charge is 0.189 e. The Balaban J connectivity index is 1.80. The lowest BCUT2D eigenvalue weighted by atomic mass is 9.97. The average molecular weight is 317 g/mol. The lowest BCUT2D eigenvalue weighted by Gasteiger charge is -2.33. The van der Waals surface area contributed by atoms with E-state index in [4.69, 9.17) is 0 Å². The standard InChI is InChI=1S/C16H23N5S/c1-12(2)21-10-8-17-15(21)13-5-4-9-20(11-13)14-6-7-18-16(19-14)22-3/h6-8,10,12-13H,4-5,9,11H2,1-3H3/t13-/m1/s1. The van der Waals surface area contributed by atoms with Crippen molar-refractivity contribution in [1.82, 2.24) is 19.5 Å². The second-order valence-corrected chi connectivity index (χ2v) is 6.75. The van der Waals surface area contributed by atoms with E-state index in [9.17, 15) is 0 Å². The van der Waals surface area contributed by atoms with Crippen LogP contribution in [-0.4, -0.2) is 38.9 Å². The maximum atomic E-state index is 4.64. The highest BCUT2D eigenvalue weighted by Gasteiger charge is 2.26. The molecule has 0 aliphatic carbocycles. The maximum Gasteiger partial charge on any atom is 0.189 e. The summed E-state index contributed by atoms with van der Waals surface area (Å²) >= 11 is 1.59. The Hall–Kier alpha value is -1.56. The van der Waals surface area contributed by atoms with Gasteiger partial charge in [0.25, 0.3) is 0 Å². The number of piperidine rings is 1. The molecule has 6 heteroatoms. The monoisotopic (exact) mass is 317 g/mol. The molecule has 0 unspecified atom stereocenters. The Bertz CT molecular complexity index is 625. The number of nitrogens with zero attached hydrogens (tertiary/aromatic N) is 5. The van der Waals surface area contributed by atoms with Gasteiger partial charge in [-0.3, -0.25) is 0 Å². The first-order valence-electron chi connectivity index (χ1n) is 7.83. The van der Waals surface area contributed by atoms with Crippen LogP contribution in [0.2, 0.25) is 0 Å². The summed E-state index contributed by atoms with van der Waals surface area (Å²) in [6, 6.07) is 2.46. The van der Waals surface area contributed by atoms with Gasteiger partial charge in [-0.05, 0) is 39.0 Å². The third-order valence-electron chi connectivity index (χ3n) is 4.17. The zero-order chi connectivity index (χ0) is 15.5. The first kappa shape index (κ1) is 15.3. The van der Waals surface area contributed by atoms with Crippen molar-refractivity contribution >= 4 is 17.6 Å². The molecular weight excluding hydrogens is 294 g/mol. The Kier molecular flexibility index (Phi) is 4.66. The summed E-state index contributed by atoms with van der Waals surface area (Å²) in [7, 11) is 0. The summed E-state index contributed by atoms with van der Waals surface area (Å²) in [5.41, 5.74) is 0. The summed E-state index contributed by atoms with van der Waals surface area (Å²) in [5.74, 6) is 2.71. The summed E-state index contributed by atoms with van der Waals surface area (Å²) in [6.45, 7) is 6.46. The minimum absolute atomic E-state index is 0.454. The van der Waals surface area contributed by atoms with Crippen molar-refractivity contribution in [1.29, 1.82) is 0 Å². The molecule has 0 radical (unpaired) electrons. The van der Waals surface area contributed by atoms with E-state index in [1.807, 2.05) is 24.7 Å². The van der Waals surface area contributed by atoms with Crippen molar-refractivity contribution in [2.75, 3.05) is 24.2 Å². The number of thioether (sulfide) groups is 1. The van der Waals surface area contributed by atoms with Crippen LogP contribution in [-0.2, 0) is 0 Å². The average Bonchev–Trinajstić information content (AvgIpc) is 3.05. The van der Waals surface area contributed by atoms with Crippen molar-refractivity contribution in [3.63, 3.8) is 0 Å². The van der Waals surface area contributed by atoms with Gasteiger partial charge in [0.2, 0.25) is 0 Å². The van der Waals surface area contributed by atoms with Gasteiger partial charge < -0.3 is 9.47 Å². The molecule has 3 heterocycles. The van der Waals surface area contributed by atoms with E-state index < -0.39 is 0 Å². The van der Waals surface area contributed by atoms with E-state index in [-0.39, 0.29) is 0 Å². The van der Waals surface area contributed by atoms with Crippen molar-refractivity contribution < 1.29 is 0 Å². The summed E-state index contributed by atoms with van der Waals surface area (Å²) in [6.07, 6.45) is 10.2. The molecule has 1 fully saturated rings. The molecule has 0 spiro atoms. The molecular formula is C16H23N5S. The minimum Gasteiger partial charge on any atom is -0.356 e. The number of imidazole rings is 1. The third-order valence-corrected chi connectivity index (χ3v) is 4.73. The van der Waals surface area contributed by atoms with E-state index in [0.717, 1.165) is 24.1 Å². The molecule has 1 atom stereocenters. The van der Waals surface area contributed by atoms with Crippen LogP contribution in [0.15, 0.2) is 29.8 Å². The highest BCUT2D eigenvalue weighted by atomic mass is 32.2. The number of hydrogen-bond donors (Lipinski definition) is 0. The summed E-state index contributed by atoms with van der Waals surface area (Å²) in [5, 5.41) is 0.836. The molecule has 2 aromatic heterocycles. The van der Waals surface area contributed by atoms with Gasteiger partial charge >= 0.3 is 0 Å². The summed E-state index contributed by atoms with van der Waals surface area (Å²) in [4.78, 5) is 15.9. The summed E-state index contributed by atoms with van der Waals surface area (Å²) < 4.78 is 2.29. The van der Waals surface area contributed by atoms with Gasteiger partial charge in [0, 0.05) is 43.6 Å². The van der Waals surface area contributed by atoms with Gasteiger partial charge in [-0.15, -0.1) is 0 Å². The van der Waals surface area contributed by atoms with Gasteiger partial charge in [0.15, 0.2) is 5.16 Å². The molecule has 1 aliphatic heterocycles. The zero-order valence-corrected chi connectivity index (χ0v) is 14.3. The Morgan fingerprint density at radius 3 is 2.91 bits per heavy atom. The van der Waals surface area contributed by atoms with E-state index in [0.29, 0.717) is 12.0 Å². The van der Waals surface area contributed by atoms with Crippen LogP contribution in [0.4, 0.5) is 5.82 Å². The normalized spacial score (nSPS) is 18.9. The van der Waals surface area contributed by atoms with Crippen LogP contribution >= 0.6 is 11.8 Å². The SMILES string of the molecule is CSc1nccc(N2CCC[C@@H](c3nccn3C(C)C)C2)n1. The zero-order valence-electron chi connectivity index (χ0n) is 13.4. The first-order valence-corrected chi connectivity index (χ1v) is 9.06. The van der Waals surface area contributed by atoms with E-state index >= 15 is 0 Å². The lowest BCUT2D eigenvalue weighted by molar-refractivity contribution is 0.453. The minimum atomic E-state index is 0.454. The molecule has 22 heavy (non-hydrogen) atoms. The van der Waals surface area contributed by atoms with Gasteiger partial charge in [-0.25, -0.2) is 15.0 Å². The van der Waals surface area contributed by atoms with Crippen LogP contribution in [0.25, 0.3) is 0 Å². The fraction of sp³-hybridized carbons (Fsp3) is 0.562. The molecule has 118 valence electrons. The molecule has 1 saturated heterocycles. The molecule has 5 nitrogen and oxygen atoms in total. The van der Waals surface area contributed by atoms with E-state index in [1.54, 1.807) is 11.8 Å². The number of anilines is 1. The molecule has 0 bridgehead atoms. The van der Waals surface area contributed by atoms with E-state index in [1.165, 1.54) is 18.7 Å². The Labute approximate surface area is 136 Å². The predicted molar refractivity (Wildman–Crippen MR) is 90.6 cm³/mol. The number of hydrogen-bond acceptors (Lipinski definition) is 5. The predicted octanol–water partition coefficient (Wildman–Crippen LogP) is 3.36. The third kappa shape index (κ3) is 3.11. The first-order chi connectivity index (χ1) is 10.7. The molecule has 2 aromatic rings. The fourth-order valence-corrected chi connectivity index (χ4v) is 3.43. The van der Waals surface area contributed by atoms with Crippen LogP contribution in [0.5, 0.6) is 0 Å². The molecule has 0 amide bonds. The van der Waals surface area contributed by atoms with Gasteiger partial charge in [-0.1, -0.05) is 11.8 Å². The lowest BCUT2D eigenvalue weighted by Crippen LogP contribution is -2.36. The van der Waals surface area contributed by atoms with Crippen molar-refractivity contribution in [3.05, 3.63) is 30.5 Å². The van der Waals surface area contributed by atoms with Crippen LogP contribution in [0.1, 0.15) is 44.5 Å². The molecule has 0 aromatic carbocycles. The number of aromatic nitrogens is 4. The second kappa shape index (κ2) is 6.69. The topological polar surface area (TPSA) is 46.8 Å². The van der Waals surface area contributed by atoms with Crippen LogP contribution < -0.4 is 4.90 Å². The highest BCUT2D eigenvalue weighted by molar-refractivity contribution is 7.98. The molecule has 1 aliphatic rings. The van der Waals surface area contributed by atoms with Crippen LogP contribution in [0, 0.1) is 0 Å². The Morgan fingerprint density at radius 1 is 1.27 bits per heavy atom. The quantitative estimate of drug-likeness (QED) is 0.639. The van der Waals surface area contributed by atoms with Crippen molar-refractivity contribution in [2.45, 2.75) is 43.8 Å². The number of rotatable bonds is 4. The Morgan fingerprint density at radius 2 is 2.14 bits per heavy atom. The largest absolute Gasteiger partial charge is 0.356 e. The molecule has 0 N–H and O–H groups in total. The van der Waals surface area contributed by atoms with Crippen molar-refractivity contribution in [3.8, 4) is 0 Å². The van der Waals surface area contributed by atoms with Gasteiger partial charge in [0.05, 0.1) is 0 Å². The molecule has 3 rings (SSSR count). The van der Waals surface area contributed by atoms with Crippen LogP contribution in [0.3, 0.4) is 0 Å². The van der Waals surface area contributed by atoms with Crippen molar-refractivity contribution in [2.24, 2.45) is 0 Å². The maximum absolute atomic E-state index is 4.64. The fourth-order valence-electron chi connectivity index (χ4n) is 3.08. The van der Waals surface area contributed by atoms with Gasteiger partial charge in [0.1, 0.15) is 11.6 Å². The second-order valence-electron chi connectivity index (χ2n) is 5.97. The highest BCUT2D eigenvalue weighted by Crippen LogP contribution is 2.29. The molecule has 0 saturated carbocycles. The van der Waals surface area contributed by atoms with Gasteiger partial charge in [-0.2, -0.15) is 0 Å². The van der Waals surface area contributed by atoms with E-state index in [2.05, 4.69) is 44.5 Å².